The molecule has 6 rings (SSSR count). The Balaban J connectivity index is 1.45. The van der Waals surface area contributed by atoms with Crippen LogP contribution in [0.15, 0.2) is 51.2 Å². The van der Waals surface area contributed by atoms with Gasteiger partial charge in [0.25, 0.3) is 0 Å². The summed E-state index contributed by atoms with van der Waals surface area (Å²) in [7, 11) is 1.44. The summed E-state index contributed by atoms with van der Waals surface area (Å²) in [5.41, 5.74) is -0.00688. The molecule has 0 unspecified atom stereocenters. The molecule has 3 aliphatic rings. The molecule has 0 bridgehead atoms. The molecule has 3 fully saturated rings. The average molecular weight is 839 g/mol. The number of ether oxygens (including phenoxy) is 7. The van der Waals surface area contributed by atoms with Gasteiger partial charge in [-0.05, 0) is 51.5 Å². The van der Waals surface area contributed by atoms with Crippen LogP contribution in [0.1, 0.15) is 26.3 Å². The second-order valence-electron chi connectivity index (χ2n) is 14.8. The molecule has 2 aromatic carbocycles. The van der Waals surface area contributed by atoms with Gasteiger partial charge in [-0.25, -0.2) is 0 Å². The van der Waals surface area contributed by atoms with Crippen molar-refractivity contribution in [1.82, 2.24) is 0 Å². The van der Waals surface area contributed by atoms with Crippen LogP contribution in [0.25, 0.3) is 22.3 Å². The van der Waals surface area contributed by atoms with Crippen molar-refractivity contribution in [1.29, 1.82) is 0 Å². The van der Waals surface area contributed by atoms with Crippen LogP contribution in [0.3, 0.4) is 0 Å². The minimum Gasteiger partial charge on any atom is -0.507 e. The Bertz CT molecular complexity index is 1990. The van der Waals surface area contributed by atoms with Gasteiger partial charge in [-0.2, -0.15) is 0 Å². The first-order valence-corrected chi connectivity index (χ1v) is 18.8. The number of aliphatic hydroxyl groups is 10. The first kappa shape index (κ1) is 44.6. The third-order valence-electron chi connectivity index (χ3n) is 10.5. The molecule has 0 saturated carbocycles. The largest absolute Gasteiger partial charge is 0.507 e. The van der Waals surface area contributed by atoms with E-state index in [0.717, 1.165) is 11.6 Å². The second kappa shape index (κ2) is 18.3. The zero-order chi connectivity index (χ0) is 43.0. The summed E-state index contributed by atoms with van der Waals surface area (Å²) in [4.78, 5) is 14.6. The number of phenols is 1. The summed E-state index contributed by atoms with van der Waals surface area (Å²) in [6, 6.07) is 7.20. The fourth-order valence-electron chi connectivity index (χ4n) is 7.00. The average Bonchev–Trinajstić information content (AvgIpc) is 3.21. The van der Waals surface area contributed by atoms with Crippen LogP contribution >= 0.6 is 0 Å². The standard InChI is InChI=1S/C39H50O20/c1-14(2)5-10-18-20(54-37-30(49)28(47)25(44)21(12-40)55-37)11-19(42)23-27(46)36(33(57-34(18)23)16-6-8-17(52-4)9-7-16)59-39-32(51)35(24(43)15(3)53-39)58-38-31(50)29(48)26(45)22(13-41)56-38/h5-9,11,15,21-22,24-26,28-32,35,37-45,47-51H,10,12-13H2,1-4H3/t15-,21-,22-,24+,25+,26+,28-,29-,30+,31+,32+,35-,37-,38+,39+/m0/s1. The molecule has 11 N–H and O–H groups in total. The number of hydrogen-bond acceptors (Lipinski definition) is 20. The van der Waals surface area contributed by atoms with Crippen molar-refractivity contribution >= 4 is 11.0 Å². The van der Waals surface area contributed by atoms with Crippen LogP contribution in [-0.2, 0) is 25.4 Å². The Hall–Kier alpha value is -3.97. The van der Waals surface area contributed by atoms with Crippen molar-refractivity contribution in [2.24, 2.45) is 0 Å². The first-order chi connectivity index (χ1) is 28.0. The van der Waals surface area contributed by atoms with E-state index in [-0.39, 0.29) is 34.6 Å². The minimum absolute atomic E-state index is 0.00783. The first-order valence-electron chi connectivity index (χ1n) is 18.8. The Morgan fingerprint density at radius 2 is 1.32 bits per heavy atom. The summed E-state index contributed by atoms with van der Waals surface area (Å²) in [6.45, 7) is 3.48. The van der Waals surface area contributed by atoms with E-state index in [2.05, 4.69) is 0 Å². The summed E-state index contributed by atoms with van der Waals surface area (Å²) in [5.74, 6) is -1.30. The molecule has 0 radical (unpaired) electrons. The lowest BCUT2D eigenvalue weighted by Gasteiger charge is -2.45. The van der Waals surface area contributed by atoms with Crippen LogP contribution in [-0.4, -0.2) is 169 Å². The van der Waals surface area contributed by atoms with Crippen molar-refractivity contribution in [3.63, 3.8) is 0 Å². The van der Waals surface area contributed by atoms with Crippen molar-refractivity contribution in [3.8, 4) is 34.3 Å². The van der Waals surface area contributed by atoms with E-state index in [1.807, 2.05) is 0 Å². The van der Waals surface area contributed by atoms with Gasteiger partial charge in [-0.15, -0.1) is 0 Å². The maximum absolute atomic E-state index is 14.6. The summed E-state index contributed by atoms with van der Waals surface area (Å²) in [5, 5.41) is 116. The number of methoxy groups -OCH3 is 1. The molecular weight excluding hydrogens is 788 g/mol. The van der Waals surface area contributed by atoms with E-state index in [0.29, 0.717) is 5.75 Å². The van der Waals surface area contributed by atoms with Gasteiger partial charge in [0.1, 0.15) is 95.4 Å². The quantitative estimate of drug-likeness (QED) is 0.0870. The van der Waals surface area contributed by atoms with Crippen LogP contribution in [0.4, 0.5) is 0 Å². The van der Waals surface area contributed by atoms with E-state index in [9.17, 15) is 61.0 Å². The van der Waals surface area contributed by atoms with Gasteiger partial charge in [-0.1, -0.05) is 11.6 Å². The number of allylic oxidation sites excluding steroid dienone is 2. The predicted octanol–water partition coefficient (Wildman–Crippen LogP) is -2.11. The van der Waals surface area contributed by atoms with Gasteiger partial charge in [-0.3, -0.25) is 4.79 Å². The maximum atomic E-state index is 14.6. The highest BCUT2D eigenvalue weighted by Gasteiger charge is 2.51. The zero-order valence-electron chi connectivity index (χ0n) is 32.3. The number of aromatic hydroxyl groups is 1. The van der Waals surface area contributed by atoms with Crippen LogP contribution < -0.4 is 19.6 Å². The van der Waals surface area contributed by atoms with Gasteiger partial charge in [0, 0.05) is 17.2 Å². The fourth-order valence-corrected chi connectivity index (χ4v) is 7.00. The second-order valence-corrected chi connectivity index (χ2v) is 14.8. The lowest BCUT2D eigenvalue weighted by atomic mass is 9.97. The molecule has 3 aromatic rings. The summed E-state index contributed by atoms with van der Waals surface area (Å²) < 4.78 is 46.2. The van der Waals surface area contributed by atoms with E-state index in [1.165, 1.54) is 26.2 Å². The summed E-state index contributed by atoms with van der Waals surface area (Å²) in [6.07, 6.45) is -23.4. The molecule has 20 heteroatoms. The van der Waals surface area contributed by atoms with Crippen molar-refractivity contribution in [2.45, 2.75) is 119 Å². The number of fused-ring (bicyclic) bond motifs is 1. The topological polar surface area (TPSA) is 317 Å². The Labute approximate surface area is 336 Å². The molecule has 4 heterocycles. The Morgan fingerprint density at radius 1 is 0.746 bits per heavy atom. The Morgan fingerprint density at radius 3 is 1.90 bits per heavy atom. The van der Waals surface area contributed by atoms with E-state index >= 15 is 0 Å². The maximum Gasteiger partial charge on any atom is 0.239 e. The highest BCUT2D eigenvalue weighted by Crippen LogP contribution is 2.42. The molecule has 0 spiro atoms. The van der Waals surface area contributed by atoms with Crippen LogP contribution in [0.2, 0.25) is 0 Å². The number of rotatable bonds is 12. The molecule has 3 aliphatic heterocycles. The highest BCUT2D eigenvalue weighted by molar-refractivity contribution is 5.91. The third-order valence-corrected chi connectivity index (χ3v) is 10.5. The highest BCUT2D eigenvalue weighted by atomic mass is 16.7. The molecule has 3 saturated heterocycles. The Kier molecular flexibility index (Phi) is 13.9. The van der Waals surface area contributed by atoms with Crippen molar-refractivity contribution < 1.29 is 93.7 Å². The van der Waals surface area contributed by atoms with Gasteiger partial charge in [0.15, 0.2) is 12.1 Å². The van der Waals surface area contributed by atoms with E-state index in [1.54, 1.807) is 32.1 Å². The van der Waals surface area contributed by atoms with E-state index in [4.69, 9.17) is 37.6 Å². The lowest BCUT2D eigenvalue weighted by Crippen LogP contribution is -2.64. The normalized spacial score (nSPS) is 35.0. The molecule has 15 atom stereocenters. The number of benzene rings is 2. The van der Waals surface area contributed by atoms with Crippen LogP contribution in [0.5, 0.6) is 23.0 Å². The van der Waals surface area contributed by atoms with Gasteiger partial charge < -0.3 is 93.7 Å². The van der Waals surface area contributed by atoms with Gasteiger partial charge >= 0.3 is 0 Å². The molecule has 0 amide bonds. The predicted molar refractivity (Wildman–Crippen MR) is 199 cm³/mol. The monoisotopic (exact) mass is 838 g/mol. The summed E-state index contributed by atoms with van der Waals surface area (Å²) >= 11 is 0. The van der Waals surface area contributed by atoms with Crippen molar-refractivity contribution in [2.75, 3.05) is 20.3 Å². The molecule has 1 aromatic heterocycles. The molecule has 0 aliphatic carbocycles. The van der Waals surface area contributed by atoms with E-state index < -0.39 is 128 Å². The zero-order valence-corrected chi connectivity index (χ0v) is 32.3. The lowest BCUT2D eigenvalue weighted by molar-refractivity contribution is -0.350. The smallest absolute Gasteiger partial charge is 0.239 e. The van der Waals surface area contributed by atoms with Gasteiger partial charge in [0.2, 0.25) is 23.8 Å². The van der Waals surface area contributed by atoms with Gasteiger partial charge in [0.05, 0.1) is 26.4 Å². The third kappa shape index (κ3) is 8.79. The molecule has 59 heavy (non-hydrogen) atoms. The molecule has 20 nitrogen and oxygen atoms in total. The fraction of sp³-hybridized carbons (Fsp3) is 0.564. The minimum atomic E-state index is -1.96. The number of hydrogen-bond donors (Lipinski definition) is 11. The molecular formula is C39H50O20. The van der Waals surface area contributed by atoms with Crippen LogP contribution in [0, 0.1) is 0 Å². The van der Waals surface area contributed by atoms with Crippen molar-refractivity contribution in [3.05, 3.63) is 57.8 Å². The SMILES string of the molecule is COc1ccc(-c2oc3c(CC=C(C)C)c(O[C@H]4O[C@@H](CO)[C@@H](O)[C@H](O)[C@H]4O)cc(O)c3c(=O)c2O[C@H]2O[C@@H](C)[C@@H](O)[C@H](O[C@H]3O[C@@H](CO)[C@@H](O)[C@H](O)[C@H]3O)[C@H]2O)cc1. The number of phenolic OH excluding ortho intramolecular Hbond substituents is 1. The number of aliphatic hydroxyl groups excluding tert-OH is 10. The molecule has 326 valence electrons.